The number of benzene rings is 1. The molecular weight excluding hydrogens is 330 g/mol. The van der Waals surface area contributed by atoms with Crippen molar-refractivity contribution >= 4 is 5.97 Å². The molecule has 0 bridgehead atoms. The molecule has 5 heteroatoms. The monoisotopic (exact) mass is 355 g/mol. The molecule has 2 aliphatic rings. The molecule has 26 heavy (non-hydrogen) atoms. The number of hydrogen-bond acceptors (Lipinski definition) is 5. The van der Waals surface area contributed by atoms with Crippen LogP contribution in [0.3, 0.4) is 0 Å². The molecular formula is C21H25NO4. The number of esters is 1. The molecule has 1 aromatic rings. The zero-order valence-electron chi connectivity index (χ0n) is 15.4. The van der Waals surface area contributed by atoms with Crippen molar-refractivity contribution in [2.24, 2.45) is 0 Å². The van der Waals surface area contributed by atoms with E-state index in [1.807, 2.05) is 30.4 Å². The van der Waals surface area contributed by atoms with Crippen LogP contribution in [0.1, 0.15) is 26.7 Å². The quantitative estimate of drug-likeness (QED) is 0.696. The second kappa shape index (κ2) is 8.72. The minimum absolute atomic E-state index is 0.129. The Kier molecular flexibility index (Phi) is 6.12. The summed E-state index contributed by atoms with van der Waals surface area (Å²) in [6.07, 6.45) is 7.72. The molecule has 5 nitrogen and oxygen atoms in total. The van der Waals surface area contributed by atoms with Crippen molar-refractivity contribution in [1.82, 2.24) is 4.90 Å². The van der Waals surface area contributed by atoms with Crippen LogP contribution in [-0.2, 0) is 9.53 Å². The van der Waals surface area contributed by atoms with Gasteiger partial charge in [0.1, 0.15) is 6.61 Å². The van der Waals surface area contributed by atoms with Crippen LogP contribution < -0.4 is 9.47 Å². The van der Waals surface area contributed by atoms with E-state index in [2.05, 4.69) is 24.8 Å². The first-order valence-electron chi connectivity index (χ1n) is 9.17. The average Bonchev–Trinajstić information content (AvgIpc) is 2.70. The lowest BCUT2D eigenvalue weighted by atomic mass is 10.0. The molecule has 0 aromatic heterocycles. The zero-order chi connectivity index (χ0) is 18.4. The molecule has 0 amide bonds. The lowest BCUT2D eigenvalue weighted by molar-refractivity contribution is -0.142. The van der Waals surface area contributed by atoms with Crippen molar-refractivity contribution in [2.75, 3.05) is 26.2 Å². The molecule has 138 valence electrons. The Morgan fingerprint density at radius 1 is 1.15 bits per heavy atom. The van der Waals surface area contributed by atoms with Crippen LogP contribution in [0.15, 0.2) is 59.6 Å². The van der Waals surface area contributed by atoms with Crippen LogP contribution in [0.4, 0.5) is 0 Å². The van der Waals surface area contributed by atoms with Gasteiger partial charge in [-0.2, -0.15) is 0 Å². The number of carbonyl (C=O) groups is 1. The van der Waals surface area contributed by atoms with E-state index >= 15 is 0 Å². The predicted molar refractivity (Wildman–Crippen MR) is 99.9 cm³/mol. The molecule has 0 saturated heterocycles. The Morgan fingerprint density at radius 3 is 2.54 bits per heavy atom. The van der Waals surface area contributed by atoms with E-state index in [4.69, 9.17) is 14.2 Å². The Hall–Kier alpha value is -2.53. The number of hydrogen-bond donors (Lipinski definition) is 0. The molecule has 1 aromatic carbocycles. The number of likely N-dealkylation sites (N-methyl/N-ethyl adjacent to an activating group) is 1. The highest BCUT2D eigenvalue weighted by Crippen LogP contribution is 2.38. The summed E-state index contributed by atoms with van der Waals surface area (Å²) in [5.41, 5.74) is 0.942. The topological polar surface area (TPSA) is 48.0 Å². The van der Waals surface area contributed by atoms with Crippen LogP contribution in [0.25, 0.3) is 0 Å². The van der Waals surface area contributed by atoms with E-state index in [9.17, 15) is 4.79 Å². The molecule has 0 unspecified atom stereocenters. The average molecular weight is 355 g/mol. The van der Waals surface area contributed by atoms with Gasteiger partial charge < -0.3 is 19.1 Å². The van der Waals surface area contributed by atoms with Gasteiger partial charge in [-0.05, 0) is 43.6 Å². The zero-order valence-corrected chi connectivity index (χ0v) is 15.4. The highest BCUT2D eigenvalue weighted by atomic mass is 16.6. The third-order valence-corrected chi connectivity index (χ3v) is 4.51. The molecule has 0 radical (unpaired) electrons. The van der Waals surface area contributed by atoms with Crippen molar-refractivity contribution in [1.29, 1.82) is 0 Å². The Balaban J connectivity index is 1.79. The van der Waals surface area contributed by atoms with Gasteiger partial charge >= 0.3 is 5.97 Å². The van der Waals surface area contributed by atoms with E-state index in [0.29, 0.717) is 30.4 Å². The smallest absolute Gasteiger partial charge is 0.378 e. The molecule has 0 fully saturated rings. The van der Waals surface area contributed by atoms with Crippen molar-refractivity contribution in [2.45, 2.75) is 26.7 Å². The van der Waals surface area contributed by atoms with Crippen molar-refractivity contribution in [3.05, 3.63) is 59.6 Å². The Labute approximate surface area is 154 Å². The van der Waals surface area contributed by atoms with Gasteiger partial charge in [-0.15, -0.1) is 0 Å². The first kappa shape index (κ1) is 18.3. The Bertz CT molecular complexity index is 744. The summed E-state index contributed by atoms with van der Waals surface area (Å²) < 4.78 is 17.4. The second-order valence-corrected chi connectivity index (χ2v) is 6.13. The van der Waals surface area contributed by atoms with Crippen LogP contribution in [-0.4, -0.2) is 37.1 Å². The molecule has 0 saturated carbocycles. The minimum atomic E-state index is -0.489. The van der Waals surface area contributed by atoms with E-state index < -0.39 is 5.97 Å². The first-order chi connectivity index (χ1) is 12.7. The summed E-state index contributed by atoms with van der Waals surface area (Å²) in [5, 5.41) is 0. The maximum atomic E-state index is 12.7. The van der Waals surface area contributed by atoms with Gasteiger partial charge in [0.2, 0.25) is 0 Å². The summed E-state index contributed by atoms with van der Waals surface area (Å²) >= 11 is 0. The first-order valence-corrected chi connectivity index (χ1v) is 9.17. The largest absolute Gasteiger partial charge is 0.458 e. The van der Waals surface area contributed by atoms with Crippen molar-refractivity contribution < 1.29 is 19.0 Å². The molecule has 1 aliphatic heterocycles. The van der Waals surface area contributed by atoms with Gasteiger partial charge in [0.25, 0.3) is 5.76 Å². The van der Waals surface area contributed by atoms with Gasteiger partial charge in [0.05, 0.1) is 0 Å². The normalized spacial score (nSPS) is 15.9. The number of fused-ring (bicyclic) bond motifs is 1. The molecule has 0 atom stereocenters. The van der Waals surface area contributed by atoms with E-state index in [-0.39, 0.29) is 5.76 Å². The summed E-state index contributed by atoms with van der Waals surface area (Å²) in [6.45, 7) is 7.04. The van der Waals surface area contributed by atoms with Gasteiger partial charge in [0, 0.05) is 6.54 Å². The lowest BCUT2D eigenvalue weighted by Crippen LogP contribution is -2.29. The van der Waals surface area contributed by atoms with Crippen molar-refractivity contribution in [3.63, 3.8) is 0 Å². The second-order valence-electron chi connectivity index (χ2n) is 6.13. The third-order valence-electron chi connectivity index (χ3n) is 4.51. The highest BCUT2D eigenvalue weighted by Gasteiger charge is 2.30. The summed E-state index contributed by atoms with van der Waals surface area (Å²) in [5.74, 6) is 1.24. The van der Waals surface area contributed by atoms with Gasteiger partial charge in [-0.25, -0.2) is 4.79 Å². The maximum absolute atomic E-state index is 12.7. The van der Waals surface area contributed by atoms with Gasteiger partial charge in [0.15, 0.2) is 17.3 Å². The van der Waals surface area contributed by atoms with Gasteiger partial charge in [-0.1, -0.05) is 44.2 Å². The summed E-state index contributed by atoms with van der Waals surface area (Å²) in [4.78, 5) is 14.9. The number of ether oxygens (including phenoxy) is 3. The predicted octanol–water partition coefficient (Wildman–Crippen LogP) is 3.83. The Morgan fingerprint density at radius 2 is 1.88 bits per heavy atom. The fourth-order valence-corrected chi connectivity index (χ4v) is 2.94. The van der Waals surface area contributed by atoms with Gasteiger partial charge in [-0.3, -0.25) is 0 Å². The molecule has 1 heterocycles. The fraction of sp³-hybridized carbons (Fsp3) is 0.381. The highest BCUT2D eigenvalue weighted by molar-refractivity contribution is 5.89. The fourth-order valence-electron chi connectivity index (χ4n) is 2.94. The lowest BCUT2D eigenvalue weighted by Gasteiger charge is -2.25. The third kappa shape index (κ3) is 4.17. The SMILES string of the molecule is CCN(CC)CCOC(=O)C1=C(C2=CC=CCC2)Oc2ccccc2O1. The van der Waals surface area contributed by atoms with E-state index in [0.717, 1.165) is 31.5 Å². The number of nitrogens with zero attached hydrogens (tertiary/aromatic N) is 1. The van der Waals surface area contributed by atoms with Crippen LogP contribution in [0.5, 0.6) is 11.5 Å². The summed E-state index contributed by atoms with van der Waals surface area (Å²) in [6, 6.07) is 7.34. The molecule has 0 N–H and O–H groups in total. The standard InChI is InChI=1S/C21H25NO4/c1-3-22(4-2)14-15-24-21(23)20-19(16-10-6-5-7-11-16)25-17-12-8-9-13-18(17)26-20/h5-6,8-10,12-13H,3-4,7,11,14-15H2,1-2H3. The summed E-state index contributed by atoms with van der Waals surface area (Å²) in [7, 11) is 0. The van der Waals surface area contributed by atoms with Crippen LogP contribution in [0, 0.1) is 0 Å². The molecule has 1 aliphatic carbocycles. The van der Waals surface area contributed by atoms with Crippen LogP contribution >= 0.6 is 0 Å². The maximum Gasteiger partial charge on any atom is 0.378 e. The van der Waals surface area contributed by atoms with E-state index in [1.165, 1.54) is 0 Å². The molecule has 3 rings (SSSR count). The van der Waals surface area contributed by atoms with Crippen molar-refractivity contribution in [3.8, 4) is 11.5 Å². The number of allylic oxidation sites excluding steroid dienone is 4. The van der Waals surface area contributed by atoms with Crippen LogP contribution in [0.2, 0.25) is 0 Å². The number of para-hydroxylation sites is 2. The van der Waals surface area contributed by atoms with E-state index in [1.54, 1.807) is 6.07 Å². The number of rotatable bonds is 7. The molecule has 0 spiro atoms. The number of carbonyl (C=O) groups excluding carboxylic acids is 1. The minimum Gasteiger partial charge on any atom is -0.458 e.